The molecule has 2 aromatic heterocycles. The van der Waals surface area contributed by atoms with Crippen molar-refractivity contribution in [2.24, 2.45) is 7.05 Å². The molecular weight excluding hydrogens is 232 g/mol. The minimum atomic E-state index is 0.00782. The average molecular weight is 248 g/mol. The smallest absolute Gasteiger partial charge is 0.242 e. The number of hydrogen-bond donors (Lipinski definition) is 2. The Morgan fingerprint density at radius 2 is 2.17 bits per heavy atom. The summed E-state index contributed by atoms with van der Waals surface area (Å²) in [5.74, 6) is 0.889. The highest BCUT2D eigenvalue weighted by atomic mass is 16.5. The Morgan fingerprint density at radius 1 is 1.39 bits per heavy atom. The Bertz CT molecular complexity index is 536. The second-order valence-corrected chi connectivity index (χ2v) is 4.14. The summed E-state index contributed by atoms with van der Waals surface area (Å²) < 4.78 is 7.18. The first-order valence-corrected chi connectivity index (χ1v) is 5.59. The maximum Gasteiger partial charge on any atom is 0.242 e. The third-order valence-electron chi connectivity index (χ3n) is 2.16. The van der Waals surface area contributed by atoms with Crippen LogP contribution < -0.4 is 15.8 Å². The van der Waals surface area contributed by atoms with Gasteiger partial charge in [0.2, 0.25) is 5.88 Å². The largest absolute Gasteiger partial charge is 0.473 e. The van der Waals surface area contributed by atoms with Gasteiger partial charge in [-0.15, -0.1) is 0 Å². The van der Waals surface area contributed by atoms with Crippen LogP contribution in [0.25, 0.3) is 0 Å². The number of aromatic nitrogens is 4. The molecular formula is C11H16N6O. The molecule has 0 saturated heterocycles. The lowest BCUT2D eigenvalue weighted by Crippen LogP contribution is -2.10. The van der Waals surface area contributed by atoms with E-state index < -0.39 is 0 Å². The number of aryl methyl sites for hydroxylation is 1. The molecule has 0 saturated carbocycles. The number of nitrogens with one attached hydrogen (secondary N) is 1. The summed E-state index contributed by atoms with van der Waals surface area (Å²) >= 11 is 0. The van der Waals surface area contributed by atoms with E-state index in [1.54, 1.807) is 10.9 Å². The molecule has 0 amide bonds. The number of ether oxygens (including phenoxy) is 1. The minimum absolute atomic E-state index is 0.00782. The number of nitrogen functional groups attached to an aromatic ring is 1. The van der Waals surface area contributed by atoms with Gasteiger partial charge in [-0.25, -0.2) is 4.98 Å². The summed E-state index contributed by atoms with van der Waals surface area (Å²) in [6.45, 7) is 3.82. The van der Waals surface area contributed by atoms with E-state index in [1.807, 2.05) is 27.1 Å². The normalized spacial score (nSPS) is 10.7. The van der Waals surface area contributed by atoms with Crippen molar-refractivity contribution in [2.45, 2.75) is 20.0 Å². The van der Waals surface area contributed by atoms with E-state index in [0.717, 1.165) is 5.69 Å². The van der Waals surface area contributed by atoms with Gasteiger partial charge in [0.15, 0.2) is 5.82 Å². The highest BCUT2D eigenvalue weighted by molar-refractivity contribution is 5.71. The molecule has 0 spiro atoms. The topological polar surface area (TPSA) is 90.9 Å². The van der Waals surface area contributed by atoms with E-state index in [1.165, 1.54) is 6.33 Å². The summed E-state index contributed by atoms with van der Waals surface area (Å²) in [6, 6.07) is 0. The molecule has 0 aliphatic heterocycles. The molecule has 0 fully saturated rings. The lowest BCUT2D eigenvalue weighted by atomic mass is 10.4. The van der Waals surface area contributed by atoms with Gasteiger partial charge in [0.1, 0.15) is 12.0 Å². The van der Waals surface area contributed by atoms with Crippen molar-refractivity contribution in [3.63, 3.8) is 0 Å². The van der Waals surface area contributed by atoms with Crippen LogP contribution in [-0.4, -0.2) is 25.9 Å². The van der Waals surface area contributed by atoms with E-state index in [9.17, 15) is 0 Å². The van der Waals surface area contributed by atoms with E-state index in [2.05, 4.69) is 20.4 Å². The number of nitrogens with zero attached hydrogens (tertiary/aromatic N) is 4. The molecule has 0 aliphatic carbocycles. The van der Waals surface area contributed by atoms with E-state index in [0.29, 0.717) is 17.4 Å². The van der Waals surface area contributed by atoms with Gasteiger partial charge in [-0.1, -0.05) is 0 Å². The Morgan fingerprint density at radius 3 is 2.78 bits per heavy atom. The van der Waals surface area contributed by atoms with Crippen LogP contribution in [0.4, 0.5) is 17.2 Å². The summed E-state index contributed by atoms with van der Waals surface area (Å²) in [6.07, 6.45) is 4.93. The van der Waals surface area contributed by atoms with Crippen molar-refractivity contribution < 1.29 is 4.74 Å². The van der Waals surface area contributed by atoms with Crippen molar-refractivity contribution in [1.29, 1.82) is 0 Å². The molecule has 0 aliphatic rings. The van der Waals surface area contributed by atoms with Gasteiger partial charge in [-0.3, -0.25) is 4.68 Å². The molecule has 7 heteroatoms. The highest BCUT2D eigenvalue weighted by Crippen LogP contribution is 2.27. The maximum absolute atomic E-state index is 5.95. The standard InChI is InChI=1S/C11H16N6O/c1-7(2)18-11-9(12)10(13-6-14-11)16-8-4-15-17(3)5-8/h4-7H,12H2,1-3H3,(H,13,14,16). The maximum atomic E-state index is 5.95. The van der Waals surface area contributed by atoms with Crippen LogP contribution >= 0.6 is 0 Å². The number of rotatable bonds is 4. The molecule has 0 aromatic carbocycles. The van der Waals surface area contributed by atoms with Crippen LogP contribution in [0.1, 0.15) is 13.8 Å². The van der Waals surface area contributed by atoms with Crippen LogP contribution in [-0.2, 0) is 7.05 Å². The third-order valence-corrected chi connectivity index (χ3v) is 2.16. The molecule has 2 aromatic rings. The van der Waals surface area contributed by atoms with Gasteiger partial charge in [-0.05, 0) is 13.8 Å². The number of anilines is 3. The second kappa shape index (κ2) is 4.91. The van der Waals surface area contributed by atoms with Crippen LogP contribution in [0.2, 0.25) is 0 Å². The fourth-order valence-electron chi connectivity index (χ4n) is 1.42. The van der Waals surface area contributed by atoms with Gasteiger partial charge < -0.3 is 15.8 Å². The molecule has 3 N–H and O–H groups in total. The fourth-order valence-corrected chi connectivity index (χ4v) is 1.42. The van der Waals surface area contributed by atoms with Crippen molar-refractivity contribution in [1.82, 2.24) is 19.7 Å². The lowest BCUT2D eigenvalue weighted by molar-refractivity contribution is 0.234. The SMILES string of the molecule is CC(C)Oc1ncnc(Nc2cnn(C)c2)c1N. The predicted octanol–water partition coefficient (Wildman–Crippen LogP) is 1.32. The average Bonchev–Trinajstić information content (AvgIpc) is 2.69. The lowest BCUT2D eigenvalue weighted by Gasteiger charge is -2.12. The van der Waals surface area contributed by atoms with Gasteiger partial charge in [0, 0.05) is 13.2 Å². The summed E-state index contributed by atoms with van der Waals surface area (Å²) in [5.41, 5.74) is 7.13. The van der Waals surface area contributed by atoms with Crippen LogP contribution in [0.15, 0.2) is 18.7 Å². The zero-order valence-electron chi connectivity index (χ0n) is 10.6. The van der Waals surface area contributed by atoms with Crippen LogP contribution in [0, 0.1) is 0 Å². The Labute approximate surface area is 105 Å². The zero-order valence-corrected chi connectivity index (χ0v) is 10.6. The van der Waals surface area contributed by atoms with Crippen molar-refractivity contribution >= 4 is 17.2 Å². The molecule has 96 valence electrons. The highest BCUT2D eigenvalue weighted by Gasteiger charge is 2.11. The monoisotopic (exact) mass is 248 g/mol. The molecule has 18 heavy (non-hydrogen) atoms. The molecule has 0 radical (unpaired) electrons. The van der Waals surface area contributed by atoms with Gasteiger partial charge in [0.05, 0.1) is 18.0 Å². The van der Waals surface area contributed by atoms with Crippen molar-refractivity contribution in [3.05, 3.63) is 18.7 Å². The molecule has 0 atom stereocenters. The molecule has 2 heterocycles. The molecule has 0 unspecified atom stereocenters. The summed E-state index contributed by atoms with van der Waals surface area (Å²) in [4.78, 5) is 8.09. The van der Waals surface area contributed by atoms with Crippen molar-refractivity contribution in [2.75, 3.05) is 11.1 Å². The minimum Gasteiger partial charge on any atom is -0.473 e. The summed E-state index contributed by atoms with van der Waals surface area (Å²) in [5, 5.41) is 7.12. The van der Waals surface area contributed by atoms with Crippen LogP contribution in [0.5, 0.6) is 5.88 Å². The van der Waals surface area contributed by atoms with E-state index in [-0.39, 0.29) is 6.10 Å². The number of hydrogen-bond acceptors (Lipinski definition) is 6. The van der Waals surface area contributed by atoms with Crippen molar-refractivity contribution in [3.8, 4) is 5.88 Å². The first-order chi connectivity index (χ1) is 8.56. The first-order valence-electron chi connectivity index (χ1n) is 5.59. The summed E-state index contributed by atoms with van der Waals surface area (Å²) in [7, 11) is 1.84. The molecule has 7 nitrogen and oxygen atoms in total. The second-order valence-electron chi connectivity index (χ2n) is 4.14. The van der Waals surface area contributed by atoms with Gasteiger partial charge >= 0.3 is 0 Å². The van der Waals surface area contributed by atoms with E-state index in [4.69, 9.17) is 10.5 Å². The zero-order chi connectivity index (χ0) is 13.1. The third kappa shape index (κ3) is 2.68. The molecule has 2 rings (SSSR count). The Hall–Kier alpha value is -2.31. The Kier molecular flexibility index (Phi) is 3.31. The first kappa shape index (κ1) is 12.2. The quantitative estimate of drug-likeness (QED) is 0.848. The fraction of sp³-hybridized carbons (Fsp3) is 0.364. The van der Waals surface area contributed by atoms with Gasteiger partial charge in [-0.2, -0.15) is 10.1 Å². The van der Waals surface area contributed by atoms with Crippen LogP contribution in [0.3, 0.4) is 0 Å². The number of nitrogens with two attached hydrogens (primary N) is 1. The van der Waals surface area contributed by atoms with Gasteiger partial charge in [0.25, 0.3) is 0 Å². The predicted molar refractivity (Wildman–Crippen MR) is 68.7 cm³/mol. The molecule has 0 bridgehead atoms. The Balaban J connectivity index is 2.23. The van der Waals surface area contributed by atoms with E-state index >= 15 is 0 Å².